The first kappa shape index (κ1) is 17.4. The van der Waals surface area contributed by atoms with E-state index < -0.39 is 16.0 Å². The molecule has 1 rings (SSSR count). The maximum Gasteiger partial charge on any atom is 0.303 e. The van der Waals surface area contributed by atoms with Crippen molar-refractivity contribution < 1.29 is 18.3 Å². The van der Waals surface area contributed by atoms with Crippen molar-refractivity contribution in [2.75, 3.05) is 31.9 Å². The Morgan fingerprint density at radius 3 is 2.55 bits per heavy atom. The van der Waals surface area contributed by atoms with Crippen molar-refractivity contribution >= 4 is 16.0 Å². The van der Waals surface area contributed by atoms with Crippen molar-refractivity contribution in [2.24, 2.45) is 5.92 Å². The first-order valence-electron chi connectivity index (χ1n) is 7.30. The maximum absolute atomic E-state index is 11.6. The zero-order valence-electron chi connectivity index (χ0n) is 12.2. The van der Waals surface area contributed by atoms with Crippen molar-refractivity contribution in [1.82, 2.24) is 9.62 Å². The molecule has 6 nitrogen and oxygen atoms in total. The summed E-state index contributed by atoms with van der Waals surface area (Å²) in [5, 5.41) is 8.47. The minimum atomic E-state index is -3.32. The standard InChI is InChI=1S/C13H26N2O4S/c1-12-5-9-15(10-6-12)8-3-7-14-20(18,19)11-2-4-13(16)17/h12,14H,2-11H2,1H3,(H,16,17). The summed E-state index contributed by atoms with van der Waals surface area (Å²) in [6, 6.07) is 0. The number of hydrogen-bond acceptors (Lipinski definition) is 4. The van der Waals surface area contributed by atoms with Crippen LogP contribution in [0, 0.1) is 5.92 Å². The molecule has 1 heterocycles. The van der Waals surface area contributed by atoms with Gasteiger partial charge in [-0.05, 0) is 51.2 Å². The lowest BCUT2D eigenvalue weighted by molar-refractivity contribution is -0.137. The summed E-state index contributed by atoms with van der Waals surface area (Å²) < 4.78 is 25.7. The first-order chi connectivity index (χ1) is 9.39. The molecule has 0 aromatic rings. The van der Waals surface area contributed by atoms with Crippen LogP contribution in [-0.4, -0.2) is 56.3 Å². The molecule has 2 N–H and O–H groups in total. The van der Waals surface area contributed by atoms with Gasteiger partial charge in [0.05, 0.1) is 5.75 Å². The van der Waals surface area contributed by atoms with E-state index in [0.717, 1.165) is 32.0 Å². The summed E-state index contributed by atoms with van der Waals surface area (Å²) >= 11 is 0. The van der Waals surface area contributed by atoms with Crippen LogP contribution in [-0.2, 0) is 14.8 Å². The third-order valence-electron chi connectivity index (χ3n) is 3.65. The number of carboxylic acid groups (broad SMARTS) is 1. The van der Waals surface area contributed by atoms with Crippen molar-refractivity contribution in [3.05, 3.63) is 0 Å². The molecule has 118 valence electrons. The maximum atomic E-state index is 11.6. The van der Waals surface area contributed by atoms with Crippen LogP contribution in [0.25, 0.3) is 0 Å². The summed E-state index contributed by atoms with van der Waals surface area (Å²) in [7, 11) is -3.32. The monoisotopic (exact) mass is 306 g/mol. The van der Waals surface area contributed by atoms with Crippen molar-refractivity contribution in [3.8, 4) is 0 Å². The van der Waals surface area contributed by atoms with Crippen LogP contribution in [0.4, 0.5) is 0 Å². The number of aliphatic carboxylic acids is 1. The summed E-state index contributed by atoms with van der Waals surface area (Å²) in [6.07, 6.45) is 3.30. The van der Waals surface area contributed by atoms with E-state index in [1.807, 2.05) is 0 Å². The summed E-state index contributed by atoms with van der Waals surface area (Å²) in [5.74, 6) is -0.265. The molecular weight excluding hydrogens is 280 g/mol. The molecule has 0 aromatic carbocycles. The molecule has 20 heavy (non-hydrogen) atoms. The topological polar surface area (TPSA) is 86.7 Å². The molecule has 1 saturated heterocycles. The minimum Gasteiger partial charge on any atom is -0.481 e. The van der Waals surface area contributed by atoms with Crippen LogP contribution >= 0.6 is 0 Å². The summed E-state index contributed by atoms with van der Waals surface area (Å²) in [5.41, 5.74) is 0. The van der Waals surface area contributed by atoms with Crippen LogP contribution in [0.3, 0.4) is 0 Å². The molecule has 0 saturated carbocycles. The molecule has 1 aliphatic rings. The van der Waals surface area contributed by atoms with Crippen molar-refractivity contribution in [3.63, 3.8) is 0 Å². The number of nitrogens with zero attached hydrogens (tertiary/aromatic N) is 1. The smallest absolute Gasteiger partial charge is 0.303 e. The fourth-order valence-electron chi connectivity index (χ4n) is 2.30. The summed E-state index contributed by atoms with van der Waals surface area (Å²) in [6.45, 7) is 5.83. The average molecular weight is 306 g/mol. The normalized spacial score (nSPS) is 18.2. The van der Waals surface area contributed by atoms with E-state index in [1.165, 1.54) is 12.8 Å². The molecule has 7 heteroatoms. The Kier molecular flexibility index (Phi) is 7.47. The van der Waals surface area contributed by atoms with Gasteiger partial charge >= 0.3 is 5.97 Å². The molecule has 0 spiro atoms. The Balaban J connectivity index is 2.09. The van der Waals surface area contributed by atoms with Crippen molar-refractivity contribution in [1.29, 1.82) is 0 Å². The van der Waals surface area contributed by atoms with Gasteiger partial charge in [0.1, 0.15) is 0 Å². The van der Waals surface area contributed by atoms with Gasteiger partial charge < -0.3 is 10.0 Å². The number of likely N-dealkylation sites (tertiary alicyclic amines) is 1. The highest BCUT2D eigenvalue weighted by atomic mass is 32.2. The van der Waals surface area contributed by atoms with E-state index in [-0.39, 0.29) is 18.6 Å². The van der Waals surface area contributed by atoms with Crippen LogP contribution in [0.1, 0.15) is 39.0 Å². The number of nitrogens with one attached hydrogen (secondary N) is 1. The SMILES string of the molecule is CC1CCN(CCCNS(=O)(=O)CCCC(=O)O)CC1. The quantitative estimate of drug-likeness (QED) is 0.618. The molecule has 0 atom stereocenters. The van der Waals surface area contributed by atoms with E-state index in [1.54, 1.807) is 0 Å². The highest BCUT2D eigenvalue weighted by molar-refractivity contribution is 7.89. The third kappa shape index (κ3) is 7.81. The highest BCUT2D eigenvalue weighted by Crippen LogP contribution is 2.15. The molecular formula is C13H26N2O4S. The van der Waals surface area contributed by atoms with Gasteiger partial charge in [-0.3, -0.25) is 4.79 Å². The van der Waals surface area contributed by atoms with Crippen molar-refractivity contribution in [2.45, 2.75) is 39.0 Å². The summed E-state index contributed by atoms with van der Waals surface area (Å²) in [4.78, 5) is 12.7. The van der Waals surface area contributed by atoms with E-state index in [0.29, 0.717) is 6.54 Å². The van der Waals surface area contributed by atoms with Crippen LogP contribution in [0.15, 0.2) is 0 Å². The van der Waals surface area contributed by atoms with Gasteiger partial charge in [0, 0.05) is 13.0 Å². The lowest BCUT2D eigenvalue weighted by Gasteiger charge is -2.30. The number of carbonyl (C=O) groups is 1. The zero-order chi connectivity index (χ0) is 15.0. The predicted octanol–water partition coefficient (Wildman–Crippen LogP) is 0.893. The van der Waals surface area contributed by atoms with Crippen LogP contribution in [0.2, 0.25) is 0 Å². The molecule has 0 unspecified atom stereocenters. The molecule has 0 radical (unpaired) electrons. The largest absolute Gasteiger partial charge is 0.481 e. The fraction of sp³-hybridized carbons (Fsp3) is 0.923. The van der Waals surface area contributed by atoms with E-state index in [9.17, 15) is 13.2 Å². The average Bonchev–Trinajstić information content (AvgIpc) is 2.36. The second-order valence-electron chi connectivity index (χ2n) is 5.59. The Morgan fingerprint density at radius 2 is 1.95 bits per heavy atom. The number of hydrogen-bond donors (Lipinski definition) is 2. The Labute approximate surface area is 121 Å². The van der Waals surface area contributed by atoms with Gasteiger partial charge in [-0.2, -0.15) is 0 Å². The number of rotatable bonds is 9. The zero-order valence-corrected chi connectivity index (χ0v) is 13.0. The van der Waals surface area contributed by atoms with Crippen LogP contribution in [0.5, 0.6) is 0 Å². The number of piperidine rings is 1. The molecule has 0 bridgehead atoms. The second-order valence-corrected chi connectivity index (χ2v) is 7.51. The van der Waals surface area contributed by atoms with Gasteiger partial charge in [0.2, 0.25) is 10.0 Å². The third-order valence-corrected chi connectivity index (χ3v) is 5.12. The molecule has 1 aliphatic heterocycles. The number of sulfonamides is 1. The molecule has 0 aromatic heterocycles. The predicted molar refractivity (Wildman–Crippen MR) is 78.1 cm³/mol. The molecule has 0 amide bonds. The minimum absolute atomic E-state index is 0.104. The van der Waals surface area contributed by atoms with Gasteiger partial charge in [0.25, 0.3) is 0 Å². The van der Waals surface area contributed by atoms with E-state index in [4.69, 9.17) is 5.11 Å². The fourth-order valence-corrected chi connectivity index (χ4v) is 3.43. The van der Waals surface area contributed by atoms with Gasteiger partial charge in [-0.25, -0.2) is 13.1 Å². The molecule has 0 aliphatic carbocycles. The lowest BCUT2D eigenvalue weighted by atomic mass is 9.99. The number of carboxylic acids is 1. The van der Waals surface area contributed by atoms with Gasteiger partial charge in [-0.15, -0.1) is 0 Å². The van der Waals surface area contributed by atoms with E-state index >= 15 is 0 Å². The van der Waals surface area contributed by atoms with Gasteiger partial charge in [-0.1, -0.05) is 6.92 Å². The second kappa shape index (κ2) is 8.59. The Morgan fingerprint density at radius 1 is 1.30 bits per heavy atom. The van der Waals surface area contributed by atoms with Crippen LogP contribution < -0.4 is 4.72 Å². The Bertz CT molecular complexity index is 389. The van der Waals surface area contributed by atoms with Gasteiger partial charge in [0.15, 0.2) is 0 Å². The lowest BCUT2D eigenvalue weighted by Crippen LogP contribution is -2.35. The Hall–Kier alpha value is -0.660. The first-order valence-corrected chi connectivity index (χ1v) is 8.96. The molecule has 1 fully saturated rings. The highest BCUT2D eigenvalue weighted by Gasteiger charge is 2.15. The van der Waals surface area contributed by atoms with E-state index in [2.05, 4.69) is 16.5 Å².